The van der Waals surface area contributed by atoms with E-state index in [1.165, 1.54) is 11.1 Å². The zero-order valence-corrected chi connectivity index (χ0v) is 13.3. The van der Waals surface area contributed by atoms with E-state index in [1.54, 1.807) is 0 Å². The van der Waals surface area contributed by atoms with Gasteiger partial charge in [0.15, 0.2) is 5.82 Å². The highest BCUT2D eigenvalue weighted by Crippen LogP contribution is 2.29. The molecule has 1 aliphatic rings. The zero-order valence-electron chi connectivity index (χ0n) is 10.9. The molecule has 21 heavy (non-hydrogen) atoms. The van der Waals surface area contributed by atoms with Gasteiger partial charge in [-0.05, 0) is 35.4 Å². The summed E-state index contributed by atoms with van der Waals surface area (Å²) in [5, 5.41) is 1.33. The average molecular weight is 362 g/mol. The molecule has 0 fully saturated rings. The van der Waals surface area contributed by atoms with E-state index in [-0.39, 0.29) is 0 Å². The molecule has 1 aliphatic heterocycles. The molecule has 0 unspecified atom stereocenters. The van der Waals surface area contributed by atoms with Gasteiger partial charge >= 0.3 is 0 Å². The van der Waals surface area contributed by atoms with Crippen LogP contribution < -0.4 is 0 Å². The predicted octanol–water partition coefficient (Wildman–Crippen LogP) is 4.74. The van der Waals surface area contributed by atoms with Crippen LogP contribution in [0.15, 0.2) is 40.9 Å². The van der Waals surface area contributed by atoms with E-state index in [0.717, 1.165) is 20.9 Å². The summed E-state index contributed by atoms with van der Waals surface area (Å²) in [5.74, 6) is 0.639. The van der Waals surface area contributed by atoms with Gasteiger partial charge in [-0.2, -0.15) is 0 Å². The summed E-state index contributed by atoms with van der Waals surface area (Å²) in [6, 6.07) is 12.0. The van der Waals surface area contributed by atoms with Crippen LogP contribution in [-0.2, 0) is 18.0 Å². The van der Waals surface area contributed by atoms with Crippen molar-refractivity contribution in [3.63, 3.8) is 0 Å². The lowest BCUT2D eigenvalue weighted by Gasteiger charge is -2.06. The quantitative estimate of drug-likeness (QED) is 0.587. The fourth-order valence-electron chi connectivity index (χ4n) is 2.50. The van der Waals surface area contributed by atoms with Crippen LogP contribution in [0.5, 0.6) is 0 Å². The van der Waals surface area contributed by atoms with Gasteiger partial charge in [-0.1, -0.05) is 39.7 Å². The van der Waals surface area contributed by atoms with Gasteiger partial charge in [0.1, 0.15) is 5.15 Å². The molecule has 1 aromatic heterocycles. The second-order valence-electron chi connectivity index (χ2n) is 4.98. The van der Waals surface area contributed by atoms with Gasteiger partial charge in [0.2, 0.25) is 0 Å². The number of hydrogen-bond donors (Lipinski definition) is 0. The maximum Gasteiger partial charge on any atom is 0.161 e. The van der Waals surface area contributed by atoms with Crippen molar-refractivity contribution in [3.05, 3.63) is 57.2 Å². The van der Waals surface area contributed by atoms with Crippen LogP contribution >= 0.6 is 27.5 Å². The second kappa shape index (κ2) is 5.05. The molecule has 0 radical (unpaired) electrons. The topological polar surface area (TPSA) is 35.0 Å². The highest BCUT2D eigenvalue weighted by molar-refractivity contribution is 9.10. The molecular weight excluding hydrogens is 352 g/mol. The van der Waals surface area contributed by atoms with E-state index >= 15 is 0 Å². The summed E-state index contributed by atoms with van der Waals surface area (Å²) in [6.07, 6.45) is 0. The van der Waals surface area contributed by atoms with Crippen molar-refractivity contribution in [3.8, 4) is 11.4 Å². The van der Waals surface area contributed by atoms with Crippen LogP contribution in [0.25, 0.3) is 22.3 Å². The Labute approximate surface area is 135 Å². The van der Waals surface area contributed by atoms with E-state index < -0.39 is 0 Å². The Morgan fingerprint density at radius 1 is 1.00 bits per heavy atom. The number of halogens is 2. The van der Waals surface area contributed by atoms with Crippen LogP contribution in [0.2, 0.25) is 5.15 Å². The van der Waals surface area contributed by atoms with Gasteiger partial charge in [0, 0.05) is 15.4 Å². The van der Waals surface area contributed by atoms with Crippen molar-refractivity contribution in [2.24, 2.45) is 0 Å². The monoisotopic (exact) mass is 360 g/mol. The number of ether oxygens (including phenoxy) is 1. The normalized spacial score (nSPS) is 13.6. The molecule has 5 heteroatoms. The number of fused-ring (bicyclic) bond motifs is 2. The number of aromatic nitrogens is 2. The Balaban J connectivity index is 1.90. The molecule has 3 nitrogen and oxygen atoms in total. The van der Waals surface area contributed by atoms with Crippen molar-refractivity contribution in [1.29, 1.82) is 0 Å². The van der Waals surface area contributed by atoms with Crippen molar-refractivity contribution < 1.29 is 4.74 Å². The Bertz CT molecular complexity index is 866. The maximum absolute atomic E-state index is 6.29. The molecule has 0 saturated carbocycles. The van der Waals surface area contributed by atoms with Gasteiger partial charge in [0.05, 0.1) is 18.7 Å². The average Bonchev–Trinajstić information content (AvgIpc) is 2.94. The summed E-state index contributed by atoms with van der Waals surface area (Å²) in [5.41, 5.74) is 4.22. The SMILES string of the molecule is Clc1nc(-c2ccc3c(c2)COC3)nc2cc(Br)ccc12. The number of nitrogens with zero attached hydrogens (tertiary/aromatic N) is 2. The van der Waals surface area contributed by atoms with Crippen LogP contribution in [0.1, 0.15) is 11.1 Å². The molecule has 104 valence electrons. The van der Waals surface area contributed by atoms with Crippen LogP contribution in [-0.4, -0.2) is 9.97 Å². The largest absolute Gasteiger partial charge is 0.372 e. The fraction of sp³-hybridized carbons (Fsp3) is 0.125. The first-order valence-corrected chi connectivity index (χ1v) is 7.70. The zero-order chi connectivity index (χ0) is 14.4. The molecule has 0 bridgehead atoms. The van der Waals surface area contributed by atoms with Crippen molar-refractivity contribution >= 4 is 38.4 Å². The first kappa shape index (κ1) is 13.2. The summed E-state index contributed by atoms with van der Waals surface area (Å²) in [6.45, 7) is 1.33. The number of hydrogen-bond acceptors (Lipinski definition) is 3. The minimum absolute atomic E-state index is 0.472. The first-order chi connectivity index (χ1) is 10.2. The highest BCUT2D eigenvalue weighted by Gasteiger charge is 2.14. The highest BCUT2D eigenvalue weighted by atomic mass is 79.9. The minimum Gasteiger partial charge on any atom is -0.372 e. The molecule has 0 saturated heterocycles. The van der Waals surface area contributed by atoms with E-state index in [2.05, 4.69) is 38.0 Å². The van der Waals surface area contributed by atoms with Crippen LogP contribution in [0, 0.1) is 0 Å². The molecule has 2 heterocycles. The molecule has 0 atom stereocenters. The van der Waals surface area contributed by atoms with Crippen molar-refractivity contribution in [2.75, 3.05) is 0 Å². The third-order valence-electron chi connectivity index (χ3n) is 3.59. The Morgan fingerprint density at radius 3 is 2.76 bits per heavy atom. The Kier molecular flexibility index (Phi) is 3.17. The van der Waals surface area contributed by atoms with Gasteiger partial charge in [-0.15, -0.1) is 0 Å². The van der Waals surface area contributed by atoms with E-state index in [4.69, 9.17) is 16.3 Å². The molecular formula is C16H10BrClN2O. The summed E-state index contributed by atoms with van der Waals surface area (Å²) >= 11 is 9.75. The van der Waals surface area contributed by atoms with E-state index in [1.807, 2.05) is 24.3 Å². The number of benzene rings is 2. The van der Waals surface area contributed by atoms with Gasteiger partial charge in [-0.25, -0.2) is 9.97 Å². The minimum atomic E-state index is 0.472. The summed E-state index contributed by atoms with van der Waals surface area (Å²) in [7, 11) is 0. The predicted molar refractivity (Wildman–Crippen MR) is 86.2 cm³/mol. The van der Waals surface area contributed by atoms with Crippen LogP contribution in [0.4, 0.5) is 0 Å². The molecule has 2 aromatic carbocycles. The molecule has 0 spiro atoms. The van der Waals surface area contributed by atoms with Gasteiger partial charge in [-0.3, -0.25) is 0 Å². The number of rotatable bonds is 1. The summed E-state index contributed by atoms with van der Waals surface area (Å²) < 4.78 is 6.41. The fourth-order valence-corrected chi connectivity index (χ4v) is 3.09. The lowest BCUT2D eigenvalue weighted by Crippen LogP contribution is -1.93. The third-order valence-corrected chi connectivity index (χ3v) is 4.37. The lowest BCUT2D eigenvalue weighted by molar-refractivity contribution is 0.134. The smallest absolute Gasteiger partial charge is 0.161 e. The Morgan fingerprint density at radius 2 is 1.86 bits per heavy atom. The first-order valence-electron chi connectivity index (χ1n) is 6.53. The van der Waals surface area contributed by atoms with Crippen molar-refractivity contribution in [1.82, 2.24) is 9.97 Å². The van der Waals surface area contributed by atoms with Gasteiger partial charge in [0.25, 0.3) is 0 Å². The molecule has 0 aliphatic carbocycles. The lowest BCUT2D eigenvalue weighted by atomic mass is 10.1. The molecule has 0 amide bonds. The summed E-state index contributed by atoms with van der Waals surface area (Å²) in [4.78, 5) is 9.05. The third kappa shape index (κ3) is 2.33. The maximum atomic E-state index is 6.29. The van der Waals surface area contributed by atoms with E-state index in [9.17, 15) is 0 Å². The molecule has 0 N–H and O–H groups in total. The standard InChI is InChI=1S/C16H10BrClN2O/c17-12-3-4-13-14(6-12)19-16(20-15(13)18)9-1-2-10-7-21-8-11(10)5-9/h1-6H,7-8H2. The Hall–Kier alpha value is -1.49. The van der Waals surface area contributed by atoms with Crippen LogP contribution in [0.3, 0.4) is 0 Å². The second-order valence-corrected chi connectivity index (χ2v) is 6.25. The van der Waals surface area contributed by atoms with Gasteiger partial charge < -0.3 is 4.74 Å². The van der Waals surface area contributed by atoms with Crippen molar-refractivity contribution in [2.45, 2.75) is 13.2 Å². The van der Waals surface area contributed by atoms with E-state index in [0.29, 0.717) is 24.2 Å². The molecule has 3 aromatic rings. The molecule has 4 rings (SSSR count).